The third-order valence-corrected chi connectivity index (χ3v) is 20.8. The lowest BCUT2D eigenvalue weighted by Gasteiger charge is -2.69. The first-order chi connectivity index (χ1) is 36.5. The highest BCUT2D eigenvalue weighted by atomic mass is 16.4. The van der Waals surface area contributed by atoms with E-state index in [0.717, 1.165) is 0 Å². The summed E-state index contributed by atoms with van der Waals surface area (Å²) in [5, 5.41) is 76.2. The van der Waals surface area contributed by atoms with Crippen molar-refractivity contribution >= 4 is 35.4 Å². The first-order valence-corrected chi connectivity index (χ1v) is 31.2. The van der Waals surface area contributed by atoms with Gasteiger partial charge in [-0.1, -0.05) is 0 Å². The molecular formula is C66H116N6O10. The number of hydrogen-bond acceptors (Lipinski definition) is 12. The predicted octanol–water partition coefficient (Wildman–Crippen LogP) is 10.4. The molecule has 0 aromatic heterocycles. The van der Waals surface area contributed by atoms with Crippen LogP contribution in [0, 0.1) is 63.6 Å². The van der Waals surface area contributed by atoms with Crippen molar-refractivity contribution in [1.82, 2.24) is 31.9 Å². The number of ketones is 2. The number of rotatable bonds is 17. The normalized spacial score (nSPS) is 30.1. The molecule has 6 aliphatic heterocycles. The summed E-state index contributed by atoms with van der Waals surface area (Å²) < 4.78 is 0. The average molecular weight is 1150 g/mol. The molecule has 0 aliphatic carbocycles. The summed E-state index contributed by atoms with van der Waals surface area (Å²) in [4.78, 5) is 99.8. The van der Waals surface area contributed by atoms with Crippen molar-refractivity contribution in [3.05, 3.63) is 0 Å². The summed E-state index contributed by atoms with van der Waals surface area (Å²) in [5.41, 5.74) is -19.2. The molecule has 6 saturated heterocycles. The Balaban J connectivity index is 2.01. The minimum Gasteiger partial charge on any atom is -0.481 e. The van der Waals surface area contributed by atoms with Crippen LogP contribution in [0.15, 0.2) is 0 Å². The van der Waals surface area contributed by atoms with Crippen LogP contribution in [0.5, 0.6) is 0 Å². The van der Waals surface area contributed by atoms with Crippen LogP contribution in [0.4, 0.5) is 0 Å². The number of piperidine rings is 6. The smallest absolute Gasteiger partial charge is 0.322 e. The molecule has 4 unspecified atom stereocenters. The van der Waals surface area contributed by atoms with Crippen LogP contribution in [0.1, 0.15) is 250 Å². The second kappa shape index (κ2) is 21.1. The summed E-state index contributed by atoms with van der Waals surface area (Å²) in [5.74, 6) is -17.9. The summed E-state index contributed by atoms with van der Waals surface area (Å²) >= 11 is 0. The number of carbonyl (C=O) groups is 6. The van der Waals surface area contributed by atoms with Crippen molar-refractivity contribution in [3.8, 4) is 0 Å². The van der Waals surface area contributed by atoms with E-state index in [9.17, 15) is 20.4 Å². The van der Waals surface area contributed by atoms with Crippen LogP contribution in [-0.2, 0) is 28.8 Å². The number of nitrogens with one attached hydrogen (secondary N) is 6. The van der Waals surface area contributed by atoms with E-state index in [0.29, 0.717) is 12.8 Å². The Labute approximate surface area is 494 Å². The van der Waals surface area contributed by atoms with Gasteiger partial charge in [0.2, 0.25) is 5.78 Å². The zero-order valence-corrected chi connectivity index (χ0v) is 55.5. The summed E-state index contributed by atoms with van der Waals surface area (Å²) in [7, 11) is 0. The molecule has 6 rings (SSSR count). The maximum atomic E-state index is 17.3. The third kappa shape index (κ3) is 13.3. The van der Waals surface area contributed by atoms with Gasteiger partial charge in [0, 0.05) is 78.8 Å². The van der Waals surface area contributed by atoms with E-state index in [-0.39, 0.29) is 76.5 Å². The van der Waals surface area contributed by atoms with E-state index in [1.807, 2.05) is 138 Å². The summed E-state index contributed by atoms with van der Waals surface area (Å²) in [6, 6.07) is 0. The van der Waals surface area contributed by atoms with Gasteiger partial charge in [0.15, 0.2) is 11.2 Å². The average Bonchev–Trinajstić information content (AvgIpc) is 0.978. The number of hydrogen-bond donors (Lipinski definition) is 10. The van der Waals surface area contributed by atoms with Gasteiger partial charge in [0.25, 0.3) is 0 Å². The molecule has 0 amide bonds. The fourth-order valence-electron chi connectivity index (χ4n) is 22.0. The molecule has 470 valence electrons. The highest BCUT2D eigenvalue weighted by molar-refractivity contribution is 6.38. The fraction of sp³-hybridized carbons (Fsp3) is 0.909. The lowest BCUT2D eigenvalue weighted by atomic mass is 9.31. The Hall–Kier alpha value is -3.02. The molecule has 16 heteroatoms. The number of carbonyl (C=O) groups excluding carboxylic acids is 2. The zero-order valence-electron chi connectivity index (χ0n) is 55.5. The molecule has 0 radical (unpaired) electrons. The Morgan fingerprint density at radius 1 is 0.354 bits per heavy atom. The first kappa shape index (κ1) is 68.1. The molecule has 0 aromatic rings. The fourth-order valence-corrected chi connectivity index (χ4v) is 22.0. The van der Waals surface area contributed by atoms with Gasteiger partial charge in [-0.2, -0.15) is 0 Å². The molecule has 16 nitrogen and oxygen atoms in total. The molecular weight excluding hydrogens is 1040 g/mol. The van der Waals surface area contributed by atoms with Gasteiger partial charge in [-0.05, 0) is 285 Å². The Kier molecular flexibility index (Phi) is 17.5. The van der Waals surface area contributed by atoms with Crippen LogP contribution < -0.4 is 31.9 Å². The van der Waals surface area contributed by atoms with Gasteiger partial charge in [0.05, 0.1) is 5.41 Å². The minimum absolute atomic E-state index is 0.0143. The van der Waals surface area contributed by atoms with Crippen LogP contribution in [0.25, 0.3) is 0 Å². The molecule has 0 bridgehead atoms. The Morgan fingerprint density at radius 2 is 0.622 bits per heavy atom. The topological polar surface area (TPSA) is 256 Å². The van der Waals surface area contributed by atoms with E-state index >= 15 is 28.8 Å². The van der Waals surface area contributed by atoms with Crippen LogP contribution >= 0.6 is 0 Å². The van der Waals surface area contributed by atoms with Gasteiger partial charge < -0.3 is 52.3 Å². The molecule has 4 atom stereocenters. The van der Waals surface area contributed by atoms with Crippen LogP contribution in [0.3, 0.4) is 0 Å². The standard InChI is InChI=1S/C66H116N6O10/c1-52(2)26-38(27-53(3,4)67-52)25-44(73)47(74)45(39-28-54(5,6)68-55(7,8)29-39)46(40-30-56(9,10)69-57(11,12)31-40)64(48(75)76,41-32-58(13,14)70-59(15,16)33-41)66(51(81)82,43-36-62(21,22)72-63(23,24)37-43)65(49(77)78,50(79)80)42-34-60(17,18)71-61(19,20)35-42/h38-43,45-46,67-72H,25-37H2,1-24H3,(H,75,76)(H,77,78)(H,79,80)(H,81,82). The third-order valence-electron chi connectivity index (χ3n) is 20.8. The molecule has 6 aliphatic rings. The highest BCUT2D eigenvalue weighted by Gasteiger charge is 2.86. The molecule has 0 aromatic carbocycles. The number of Topliss-reactive ketones (excluding diaryl/α,β-unsaturated/α-hetero) is 2. The van der Waals surface area contributed by atoms with Gasteiger partial charge in [-0.15, -0.1) is 0 Å². The molecule has 0 spiro atoms. The molecule has 82 heavy (non-hydrogen) atoms. The second-order valence-electron chi connectivity index (χ2n) is 36.0. The molecule has 10 N–H and O–H groups in total. The quantitative estimate of drug-likeness (QED) is 0.0480. The van der Waals surface area contributed by atoms with Crippen molar-refractivity contribution in [2.45, 2.75) is 316 Å². The van der Waals surface area contributed by atoms with Crippen LogP contribution in [-0.4, -0.2) is 122 Å². The summed E-state index contributed by atoms with van der Waals surface area (Å²) in [6.45, 7) is 47.5. The predicted molar refractivity (Wildman–Crippen MR) is 324 cm³/mol. The zero-order chi connectivity index (χ0) is 63.0. The van der Waals surface area contributed by atoms with E-state index in [4.69, 9.17) is 0 Å². The van der Waals surface area contributed by atoms with Gasteiger partial charge >= 0.3 is 23.9 Å². The van der Waals surface area contributed by atoms with Crippen molar-refractivity contribution in [2.24, 2.45) is 63.6 Å². The lowest BCUT2D eigenvalue weighted by molar-refractivity contribution is -0.261. The molecule has 6 fully saturated rings. The number of carboxylic acids is 4. The van der Waals surface area contributed by atoms with E-state index in [2.05, 4.69) is 59.6 Å². The largest absolute Gasteiger partial charge is 0.481 e. The second-order valence-corrected chi connectivity index (χ2v) is 36.0. The number of aliphatic carboxylic acids is 4. The number of carboxylic acid groups (broad SMARTS) is 4. The summed E-state index contributed by atoms with van der Waals surface area (Å²) in [6.07, 6.45) is 1.52. The van der Waals surface area contributed by atoms with Crippen molar-refractivity contribution < 1.29 is 49.2 Å². The Bertz CT molecular complexity index is 2390. The van der Waals surface area contributed by atoms with E-state index in [1.165, 1.54) is 0 Å². The monoisotopic (exact) mass is 1150 g/mol. The van der Waals surface area contributed by atoms with Crippen molar-refractivity contribution in [2.75, 3.05) is 0 Å². The van der Waals surface area contributed by atoms with Crippen LogP contribution in [0.2, 0.25) is 0 Å². The first-order valence-electron chi connectivity index (χ1n) is 31.2. The van der Waals surface area contributed by atoms with Gasteiger partial charge in [-0.3, -0.25) is 28.8 Å². The lowest BCUT2D eigenvalue weighted by Crippen LogP contribution is -2.80. The Morgan fingerprint density at radius 3 is 0.915 bits per heavy atom. The maximum absolute atomic E-state index is 17.3. The van der Waals surface area contributed by atoms with E-state index in [1.54, 1.807) is 0 Å². The molecule has 0 saturated carbocycles. The SMILES string of the molecule is CC1(C)CC(CC(=O)C(=O)C(C2CC(C)(C)NC(C)(C)C2)C(C2CC(C)(C)NC(C)(C)C2)C(C(=O)O)(C2CC(C)(C)NC(C)(C)C2)C(C(=O)O)(C2CC(C)(C)NC(C)(C)C2)C(C(=O)O)(C(=O)O)C2CC(C)(C)NC(C)(C)C2)CC(C)(C)N1. The van der Waals surface area contributed by atoms with Gasteiger partial charge in [0.1, 0.15) is 5.41 Å². The van der Waals surface area contributed by atoms with E-state index < -0.39 is 160 Å². The minimum atomic E-state index is -3.38. The van der Waals surface area contributed by atoms with Gasteiger partial charge in [-0.25, -0.2) is 0 Å². The highest BCUT2D eigenvalue weighted by Crippen LogP contribution is 2.75. The maximum Gasteiger partial charge on any atom is 0.322 e. The van der Waals surface area contributed by atoms with Crippen molar-refractivity contribution in [3.63, 3.8) is 0 Å². The molecule has 6 heterocycles. The van der Waals surface area contributed by atoms with Crippen molar-refractivity contribution in [1.29, 1.82) is 0 Å².